The number of hydrogen-bond acceptors (Lipinski definition) is 3. The van der Waals surface area contributed by atoms with Crippen LogP contribution in [0.1, 0.15) is 52.0 Å². The van der Waals surface area contributed by atoms with Crippen LogP contribution < -0.4 is 4.90 Å². The molecule has 1 spiro atoms. The predicted octanol–water partition coefficient (Wildman–Crippen LogP) is 4.27. The molecule has 3 rings (SSSR count). The van der Waals surface area contributed by atoms with Gasteiger partial charge in [0, 0.05) is 0 Å². The molecule has 1 fully saturated rings. The normalized spacial score (nSPS) is 27.2. The Hall–Kier alpha value is -1.84. The lowest BCUT2D eigenvalue weighted by Gasteiger charge is -2.41. The monoisotopic (exact) mass is 315 g/mol. The van der Waals surface area contributed by atoms with Gasteiger partial charge in [0.2, 0.25) is 5.91 Å². The van der Waals surface area contributed by atoms with E-state index in [-0.39, 0.29) is 11.3 Å². The van der Waals surface area contributed by atoms with Gasteiger partial charge < -0.3 is 4.74 Å². The van der Waals surface area contributed by atoms with Crippen molar-refractivity contribution in [1.82, 2.24) is 0 Å². The molecule has 2 aliphatic rings. The number of rotatable bonds is 0. The first-order valence-corrected chi connectivity index (χ1v) is 8.33. The van der Waals surface area contributed by atoms with E-state index in [1.165, 1.54) is 12.0 Å². The van der Waals surface area contributed by atoms with Crippen LogP contribution in [-0.4, -0.2) is 19.1 Å². The number of hydrogen-bond donors (Lipinski definition) is 0. The maximum Gasteiger partial charge on any atom is 0.420 e. The van der Waals surface area contributed by atoms with Gasteiger partial charge in [-0.25, -0.2) is 9.69 Å². The molecule has 0 N–H and O–H groups in total. The van der Waals surface area contributed by atoms with Crippen LogP contribution in [0.4, 0.5) is 10.5 Å². The lowest BCUT2D eigenvalue weighted by atomic mass is 9.62. The highest BCUT2D eigenvalue weighted by Crippen LogP contribution is 2.53. The molecular formula is C19H25NO3. The van der Waals surface area contributed by atoms with Crippen molar-refractivity contribution in [2.75, 3.05) is 12.0 Å². The largest absolute Gasteiger partial charge is 0.452 e. The third-order valence-corrected chi connectivity index (χ3v) is 5.69. The number of imide groups is 1. The number of amides is 2. The lowest BCUT2D eigenvalue weighted by Crippen LogP contribution is -2.46. The molecule has 1 aliphatic carbocycles. The topological polar surface area (TPSA) is 46.6 Å². The first-order chi connectivity index (χ1) is 10.8. The summed E-state index contributed by atoms with van der Waals surface area (Å²) in [5, 5.41) is 0. The molecule has 4 nitrogen and oxygen atoms in total. The number of carbonyl (C=O) groups excluding carboxylic acids is 2. The minimum absolute atomic E-state index is 0.113. The van der Waals surface area contributed by atoms with Crippen LogP contribution in [0.2, 0.25) is 0 Å². The maximum atomic E-state index is 13.1. The number of ether oxygens (including phenoxy) is 1. The van der Waals surface area contributed by atoms with Gasteiger partial charge in [0.1, 0.15) is 0 Å². The fraction of sp³-hybridized carbons (Fsp3) is 0.579. The van der Waals surface area contributed by atoms with E-state index in [9.17, 15) is 9.59 Å². The molecule has 4 heteroatoms. The van der Waals surface area contributed by atoms with Crippen molar-refractivity contribution in [2.24, 2.45) is 11.3 Å². The number of fused-ring (bicyclic) bond motifs is 2. The van der Waals surface area contributed by atoms with Gasteiger partial charge in [-0.15, -0.1) is 0 Å². The highest BCUT2D eigenvalue weighted by atomic mass is 16.5. The Morgan fingerprint density at radius 2 is 1.83 bits per heavy atom. The van der Waals surface area contributed by atoms with Gasteiger partial charge >= 0.3 is 6.09 Å². The average Bonchev–Trinajstić information content (AvgIpc) is 2.76. The molecule has 1 aromatic carbocycles. The third kappa shape index (κ3) is 2.35. The number of benzene rings is 1. The Morgan fingerprint density at radius 3 is 2.39 bits per heavy atom. The van der Waals surface area contributed by atoms with E-state index >= 15 is 0 Å². The van der Waals surface area contributed by atoms with E-state index in [4.69, 9.17) is 4.74 Å². The van der Waals surface area contributed by atoms with Crippen LogP contribution in [0, 0.1) is 11.3 Å². The average molecular weight is 315 g/mol. The number of nitrogens with zero attached hydrogens (tertiary/aromatic N) is 1. The van der Waals surface area contributed by atoms with Crippen LogP contribution in [0.5, 0.6) is 0 Å². The summed E-state index contributed by atoms with van der Waals surface area (Å²) >= 11 is 0. The molecule has 0 saturated heterocycles. The summed E-state index contributed by atoms with van der Waals surface area (Å²) in [6.07, 6.45) is 3.05. The SMILES string of the molecule is COC(=O)N1C(=O)C2(CCC(C(C)(C)C)CC2)c2ccccc21. The fourth-order valence-electron chi connectivity index (χ4n) is 4.24. The molecule has 1 heterocycles. The van der Waals surface area contributed by atoms with E-state index in [0.29, 0.717) is 11.6 Å². The first-order valence-electron chi connectivity index (χ1n) is 8.33. The molecule has 1 aliphatic heterocycles. The molecule has 2 amide bonds. The van der Waals surface area contributed by atoms with E-state index < -0.39 is 11.5 Å². The molecule has 124 valence electrons. The van der Waals surface area contributed by atoms with Crippen LogP contribution in [0.25, 0.3) is 0 Å². The zero-order chi connectivity index (χ0) is 16.8. The van der Waals surface area contributed by atoms with Gasteiger partial charge in [-0.3, -0.25) is 4.79 Å². The molecule has 0 radical (unpaired) electrons. The molecule has 23 heavy (non-hydrogen) atoms. The minimum atomic E-state index is -0.586. The van der Waals surface area contributed by atoms with Crippen molar-refractivity contribution in [3.8, 4) is 0 Å². The number of methoxy groups -OCH3 is 1. The highest BCUT2D eigenvalue weighted by Gasteiger charge is 2.54. The second kappa shape index (κ2) is 5.36. The van der Waals surface area contributed by atoms with Crippen molar-refractivity contribution >= 4 is 17.7 Å². The van der Waals surface area contributed by atoms with E-state index in [2.05, 4.69) is 20.8 Å². The summed E-state index contributed by atoms with van der Waals surface area (Å²) < 4.78 is 4.84. The number of anilines is 1. The van der Waals surface area contributed by atoms with Gasteiger partial charge in [-0.2, -0.15) is 0 Å². The van der Waals surface area contributed by atoms with Crippen LogP contribution in [0.3, 0.4) is 0 Å². The fourth-order valence-corrected chi connectivity index (χ4v) is 4.24. The van der Waals surface area contributed by atoms with Crippen LogP contribution >= 0.6 is 0 Å². The van der Waals surface area contributed by atoms with Crippen molar-refractivity contribution in [3.05, 3.63) is 29.8 Å². The summed E-state index contributed by atoms with van der Waals surface area (Å²) in [5.41, 5.74) is 1.39. The molecular weight excluding hydrogens is 290 g/mol. The van der Waals surface area contributed by atoms with Crippen molar-refractivity contribution < 1.29 is 14.3 Å². The summed E-state index contributed by atoms with van der Waals surface area (Å²) in [7, 11) is 1.32. The van der Waals surface area contributed by atoms with Crippen molar-refractivity contribution in [2.45, 2.75) is 51.9 Å². The molecule has 0 bridgehead atoms. The molecule has 0 aromatic heterocycles. The van der Waals surface area contributed by atoms with E-state index in [1.54, 1.807) is 0 Å². The third-order valence-electron chi connectivity index (χ3n) is 5.69. The Labute approximate surface area is 137 Å². The highest BCUT2D eigenvalue weighted by molar-refractivity contribution is 6.21. The Kier molecular flexibility index (Phi) is 3.74. The van der Waals surface area contributed by atoms with E-state index in [0.717, 1.165) is 31.2 Å². The second-order valence-electron chi connectivity index (χ2n) is 7.85. The number of carbonyl (C=O) groups is 2. The molecule has 0 unspecified atom stereocenters. The van der Waals surface area contributed by atoms with Gasteiger partial charge in [0.05, 0.1) is 18.2 Å². The predicted molar refractivity (Wildman–Crippen MR) is 89.4 cm³/mol. The maximum absolute atomic E-state index is 13.1. The van der Waals surface area contributed by atoms with Crippen LogP contribution in [0.15, 0.2) is 24.3 Å². The van der Waals surface area contributed by atoms with Crippen molar-refractivity contribution in [1.29, 1.82) is 0 Å². The number of para-hydroxylation sites is 1. The smallest absolute Gasteiger partial charge is 0.420 e. The standard InChI is InChI=1S/C19H25NO3/c1-18(2,3)13-9-11-19(12-10-13)14-7-5-6-8-15(14)20(16(19)21)17(22)23-4/h5-8,13H,9-12H2,1-4H3. The van der Waals surface area contributed by atoms with Gasteiger partial charge in [0.25, 0.3) is 0 Å². The van der Waals surface area contributed by atoms with Gasteiger partial charge in [0.15, 0.2) is 0 Å². The van der Waals surface area contributed by atoms with Gasteiger partial charge in [-0.1, -0.05) is 39.0 Å². The Balaban J connectivity index is 1.98. The molecule has 1 aromatic rings. The molecule has 1 saturated carbocycles. The zero-order valence-electron chi connectivity index (χ0n) is 14.4. The van der Waals surface area contributed by atoms with Gasteiger partial charge in [-0.05, 0) is 48.6 Å². The quantitative estimate of drug-likeness (QED) is 0.718. The summed E-state index contributed by atoms with van der Waals surface area (Å²) in [5.74, 6) is 0.498. The second-order valence-corrected chi connectivity index (χ2v) is 7.85. The van der Waals surface area contributed by atoms with Crippen LogP contribution in [-0.2, 0) is 14.9 Å². The Morgan fingerprint density at radius 1 is 1.22 bits per heavy atom. The minimum Gasteiger partial charge on any atom is -0.452 e. The lowest BCUT2D eigenvalue weighted by molar-refractivity contribution is -0.124. The summed E-state index contributed by atoms with van der Waals surface area (Å²) in [4.78, 5) is 26.5. The van der Waals surface area contributed by atoms with Crippen molar-refractivity contribution in [3.63, 3.8) is 0 Å². The summed E-state index contributed by atoms with van der Waals surface area (Å²) in [6.45, 7) is 6.79. The summed E-state index contributed by atoms with van der Waals surface area (Å²) in [6, 6.07) is 7.65. The first kappa shape index (κ1) is 16.0. The van der Waals surface area contributed by atoms with E-state index in [1.807, 2.05) is 24.3 Å². The zero-order valence-corrected chi connectivity index (χ0v) is 14.4. The Bertz CT molecular complexity index is 636. The molecule has 0 atom stereocenters.